The second-order valence-electron chi connectivity index (χ2n) is 6.81. The summed E-state index contributed by atoms with van der Waals surface area (Å²) < 4.78 is 5.57. The zero-order valence-corrected chi connectivity index (χ0v) is 12.6. The molecule has 0 aliphatic heterocycles. The molecule has 6 nitrogen and oxygen atoms in total. The first-order valence-corrected chi connectivity index (χ1v) is 7.02. The smallest absolute Gasteiger partial charge is 0.295 e. The molecule has 0 unspecified atom stereocenters. The van der Waals surface area contributed by atoms with Gasteiger partial charge in [0.05, 0.1) is 4.92 Å². The van der Waals surface area contributed by atoms with Crippen LogP contribution in [0.1, 0.15) is 27.7 Å². The van der Waals surface area contributed by atoms with Gasteiger partial charge in [-0.3, -0.25) is 10.1 Å². The molecule has 1 aromatic carbocycles. The number of nitro groups is 1. The van der Waals surface area contributed by atoms with Crippen LogP contribution in [0.25, 0.3) is 11.1 Å². The first-order valence-electron chi connectivity index (χ1n) is 7.02. The van der Waals surface area contributed by atoms with Crippen molar-refractivity contribution in [3.05, 3.63) is 28.3 Å². The fraction of sp³-hybridized carbons (Fsp3) is 0.533. The van der Waals surface area contributed by atoms with Crippen LogP contribution in [-0.4, -0.2) is 16.5 Å². The quantitative estimate of drug-likeness (QED) is 0.683. The summed E-state index contributed by atoms with van der Waals surface area (Å²) in [6.07, 6.45) is 0. The van der Waals surface area contributed by atoms with Crippen LogP contribution < -0.4 is 5.32 Å². The molecule has 1 aliphatic carbocycles. The lowest BCUT2D eigenvalue weighted by molar-refractivity contribution is -0.384. The van der Waals surface area contributed by atoms with Crippen LogP contribution in [0.15, 0.2) is 22.6 Å². The summed E-state index contributed by atoms with van der Waals surface area (Å²) in [6, 6.07) is 4.85. The van der Waals surface area contributed by atoms with E-state index in [4.69, 9.17) is 4.42 Å². The molecule has 0 radical (unpaired) electrons. The van der Waals surface area contributed by atoms with Crippen molar-refractivity contribution in [2.45, 2.75) is 27.7 Å². The van der Waals surface area contributed by atoms with Crippen molar-refractivity contribution >= 4 is 22.8 Å². The van der Waals surface area contributed by atoms with Crippen molar-refractivity contribution in [3.8, 4) is 0 Å². The van der Waals surface area contributed by atoms with Crippen molar-refractivity contribution in [2.75, 3.05) is 11.9 Å². The number of aromatic nitrogens is 1. The summed E-state index contributed by atoms with van der Waals surface area (Å²) in [4.78, 5) is 14.6. The maximum Gasteiger partial charge on any atom is 0.295 e. The maximum atomic E-state index is 10.7. The zero-order valence-electron chi connectivity index (χ0n) is 12.6. The Labute approximate surface area is 122 Å². The highest BCUT2D eigenvalue weighted by atomic mass is 16.6. The molecule has 6 heteroatoms. The molecule has 1 saturated carbocycles. The van der Waals surface area contributed by atoms with Crippen molar-refractivity contribution in [1.82, 2.24) is 4.98 Å². The standard InChI is InChI=1S/C15H19N3O3/c1-14(2)12(15(14,3)4)8-16-13-17-10-7-9(18(19)20)5-6-11(10)21-13/h5-7,12H,8H2,1-4H3,(H,16,17). The van der Waals surface area contributed by atoms with Crippen LogP contribution in [0.3, 0.4) is 0 Å². The number of benzene rings is 1. The van der Waals surface area contributed by atoms with Crippen LogP contribution in [0.2, 0.25) is 0 Å². The zero-order chi connectivity index (χ0) is 15.4. The van der Waals surface area contributed by atoms with Crippen molar-refractivity contribution < 1.29 is 9.34 Å². The molecule has 21 heavy (non-hydrogen) atoms. The Hall–Kier alpha value is -2.11. The first-order chi connectivity index (χ1) is 9.73. The van der Waals surface area contributed by atoms with Crippen LogP contribution in [0, 0.1) is 26.9 Å². The van der Waals surface area contributed by atoms with Gasteiger partial charge in [-0.05, 0) is 22.8 Å². The Bertz CT molecular complexity index is 704. The van der Waals surface area contributed by atoms with Gasteiger partial charge in [-0.15, -0.1) is 0 Å². The number of hydrogen-bond acceptors (Lipinski definition) is 5. The SMILES string of the molecule is CC1(C)C(CNc2nc3cc([N+](=O)[O-])ccc3o2)C1(C)C. The molecular weight excluding hydrogens is 270 g/mol. The van der Waals surface area contributed by atoms with Gasteiger partial charge in [-0.25, -0.2) is 0 Å². The molecule has 1 aromatic heterocycles. The summed E-state index contributed by atoms with van der Waals surface area (Å²) >= 11 is 0. The summed E-state index contributed by atoms with van der Waals surface area (Å²) in [5.41, 5.74) is 1.67. The lowest BCUT2D eigenvalue weighted by atomic mass is 10.0. The first kappa shape index (κ1) is 13.9. The molecule has 1 aliphatic rings. The van der Waals surface area contributed by atoms with Gasteiger partial charge < -0.3 is 9.73 Å². The third kappa shape index (κ3) is 2.05. The van der Waals surface area contributed by atoms with Gasteiger partial charge >= 0.3 is 0 Å². The number of nitro benzene ring substituents is 1. The Morgan fingerprint density at radius 2 is 2.00 bits per heavy atom. The number of nitrogens with zero attached hydrogens (tertiary/aromatic N) is 2. The summed E-state index contributed by atoms with van der Waals surface area (Å²) in [5.74, 6) is 0.550. The lowest BCUT2D eigenvalue weighted by Crippen LogP contribution is -2.08. The van der Waals surface area contributed by atoms with Crippen LogP contribution >= 0.6 is 0 Å². The number of fused-ring (bicyclic) bond motifs is 1. The van der Waals surface area contributed by atoms with E-state index >= 15 is 0 Å². The fourth-order valence-corrected chi connectivity index (χ4v) is 3.14. The maximum absolute atomic E-state index is 10.7. The molecular formula is C15H19N3O3. The average molecular weight is 289 g/mol. The fourth-order valence-electron chi connectivity index (χ4n) is 3.14. The minimum absolute atomic E-state index is 0.0202. The largest absolute Gasteiger partial charge is 0.424 e. The molecule has 0 bridgehead atoms. The number of non-ortho nitro benzene ring substituents is 1. The summed E-state index contributed by atoms with van der Waals surface area (Å²) in [7, 11) is 0. The number of nitrogens with one attached hydrogen (secondary N) is 1. The molecule has 0 atom stereocenters. The van der Waals surface area contributed by atoms with Crippen LogP contribution in [-0.2, 0) is 0 Å². The van der Waals surface area contributed by atoms with E-state index in [0.29, 0.717) is 33.9 Å². The van der Waals surface area contributed by atoms with Gasteiger partial charge in [-0.2, -0.15) is 4.98 Å². The molecule has 112 valence electrons. The third-order valence-corrected chi connectivity index (χ3v) is 5.36. The van der Waals surface area contributed by atoms with Gasteiger partial charge in [0.25, 0.3) is 11.7 Å². The van der Waals surface area contributed by atoms with E-state index in [-0.39, 0.29) is 5.69 Å². The van der Waals surface area contributed by atoms with E-state index in [1.54, 1.807) is 6.07 Å². The van der Waals surface area contributed by atoms with Gasteiger partial charge in [0, 0.05) is 18.7 Å². The van der Waals surface area contributed by atoms with E-state index in [1.807, 2.05) is 0 Å². The Morgan fingerprint density at radius 3 is 2.57 bits per heavy atom. The number of rotatable bonds is 4. The lowest BCUT2D eigenvalue weighted by Gasteiger charge is -2.04. The van der Waals surface area contributed by atoms with E-state index < -0.39 is 4.92 Å². The second-order valence-corrected chi connectivity index (χ2v) is 6.81. The van der Waals surface area contributed by atoms with Crippen molar-refractivity contribution in [1.29, 1.82) is 0 Å². The Balaban J connectivity index is 1.75. The Morgan fingerprint density at radius 1 is 1.33 bits per heavy atom. The van der Waals surface area contributed by atoms with Gasteiger partial charge in [0.2, 0.25) is 0 Å². The highest BCUT2D eigenvalue weighted by Crippen LogP contribution is 2.68. The summed E-state index contributed by atoms with van der Waals surface area (Å²) in [6.45, 7) is 9.82. The molecule has 1 fully saturated rings. The highest BCUT2D eigenvalue weighted by Gasteiger charge is 2.64. The molecule has 0 saturated heterocycles. The molecule has 3 rings (SSSR count). The molecule has 0 spiro atoms. The highest BCUT2D eigenvalue weighted by molar-refractivity contribution is 5.77. The van der Waals surface area contributed by atoms with E-state index in [2.05, 4.69) is 38.0 Å². The average Bonchev–Trinajstić information content (AvgIpc) is 2.73. The Kier molecular flexibility index (Phi) is 2.77. The van der Waals surface area contributed by atoms with E-state index in [9.17, 15) is 10.1 Å². The number of oxazole rings is 1. The molecule has 0 amide bonds. The van der Waals surface area contributed by atoms with Gasteiger partial charge in [0.15, 0.2) is 5.58 Å². The molecule has 1 heterocycles. The topological polar surface area (TPSA) is 81.2 Å². The van der Waals surface area contributed by atoms with Crippen LogP contribution in [0.5, 0.6) is 0 Å². The minimum Gasteiger partial charge on any atom is -0.424 e. The van der Waals surface area contributed by atoms with Crippen molar-refractivity contribution in [3.63, 3.8) is 0 Å². The number of anilines is 1. The monoisotopic (exact) mass is 289 g/mol. The summed E-state index contributed by atoms with van der Waals surface area (Å²) in [5, 5.41) is 14.0. The predicted octanol–water partition coefficient (Wildman–Crippen LogP) is 3.83. The third-order valence-electron chi connectivity index (χ3n) is 5.36. The van der Waals surface area contributed by atoms with Crippen LogP contribution in [0.4, 0.5) is 11.7 Å². The molecule has 1 N–H and O–H groups in total. The van der Waals surface area contributed by atoms with Crippen molar-refractivity contribution in [2.24, 2.45) is 16.7 Å². The van der Waals surface area contributed by atoms with Gasteiger partial charge in [0.1, 0.15) is 5.52 Å². The minimum atomic E-state index is -0.434. The normalized spacial score (nSPS) is 19.6. The predicted molar refractivity (Wildman–Crippen MR) is 80.2 cm³/mol. The number of hydrogen-bond donors (Lipinski definition) is 1. The van der Waals surface area contributed by atoms with E-state index in [1.165, 1.54) is 12.1 Å². The van der Waals surface area contributed by atoms with Gasteiger partial charge in [-0.1, -0.05) is 27.7 Å². The molecule has 2 aromatic rings. The van der Waals surface area contributed by atoms with E-state index in [0.717, 1.165) is 6.54 Å². The second kappa shape index (κ2) is 4.19.